The number of nitrogens with two attached hydrogens (primary N) is 1. The van der Waals surface area contributed by atoms with Crippen LogP contribution in [-0.2, 0) is 20.9 Å². The van der Waals surface area contributed by atoms with Crippen LogP contribution in [0.15, 0.2) is 18.2 Å². The van der Waals surface area contributed by atoms with Gasteiger partial charge in [-0.15, -0.1) is 0 Å². The van der Waals surface area contributed by atoms with Gasteiger partial charge in [0.2, 0.25) is 11.8 Å². The van der Waals surface area contributed by atoms with E-state index in [0.29, 0.717) is 26.2 Å². The van der Waals surface area contributed by atoms with E-state index in [4.69, 9.17) is 10.5 Å². The number of nitrogens with zero attached hydrogens (tertiary/aromatic N) is 1. The Labute approximate surface area is 154 Å². The summed E-state index contributed by atoms with van der Waals surface area (Å²) in [6.45, 7) is 6.15. The van der Waals surface area contributed by atoms with Crippen molar-refractivity contribution in [1.82, 2.24) is 10.2 Å². The zero-order chi connectivity index (χ0) is 18.5. The maximum atomic E-state index is 13.0. The van der Waals surface area contributed by atoms with Gasteiger partial charge in [0.1, 0.15) is 0 Å². The molecule has 6 nitrogen and oxygen atoms in total. The van der Waals surface area contributed by atoms with Crippen LogP contribution in [-0.4, -0.2) is 48.1 Å². The number of likely N-dealkylation sites (tertiary alicyclic amines) is 1. The number of rotatable bonds is 5. The lowest BCUT2D eigenvalue weighted by Crippen LogP contribution is -2.45. The first-order chi connectivity index (χ1) is 12.5. The standard InChI is InChI=1S/C20H27N3O3/c1-12-4-3-5-14(13(12)2)10-22-18(24)16-15-6-7-20(26-15)11-23(9-8-21)19(25)17(16)20/h3-5,15-17H,6-11,21H2,1-2H3,(H,22,24)/t15?,16?,17?,20-/m0/s1. The topological polar surface area (TPSA) is 84.7 Å². The van der Waals surface area contributed by atoms with E-state index in [1.54, 1.807) is 4.90 Å². The number of hydrogen-bond acceptors (Lipinski definition) is 4. The molecule has 0 aromatic heterocycles. The second-order valence-corrected chi connectivity index (χ2v) is 7.89. The molecule has 3 aliphatic heterocycles. The minimum Gasteiger partial charge on any atom is -0.368 e. The Kier molecular flexibility index (Phi) is 4.28. The summed E-state index contributed by atoms with van der Waals surface area (Å²) in [5.74, 6) is -0.773. The molecule has 1 spiro atoms. The van der Waals surface area contributed by atoms with Crippen molar-refractivity contribution in [3.8, 4) is 0 Å². The highest BCUT2D eigenvalue weighted by molar-refractivity contribution is 5.92. The molecule has 3 aliphatic rings. The van der Waals surface area contributed by atoms with E-state index < -0.39 is 5.60 Å². The summed E-state index contributed by atoms with van der Waals surface area (Å²) >= 11 is 0. The Bertz CT molecular complexity index is 750. The van der Waals surface area contributed by atoms with Gasteiger partial charge in [0.25, 0.3) is 0 Å². The second-order valence-electron chi connectivity index (χ2n) is 7.89. The van der Waals surface area contributed by atoms with E-state index in [2.05, 4.69) is 25.2 Å². The minimum absolute atomic E-state index is 0.0320. The fraction of sp³-hybridized carbons (Fsp3) is 0.600. The molecule has 6 heteroatoms. The summed E-state index contributed by atoms with van der Waals surface area (Å²) in [6.07, 6.45) is 1.57. The molecule has 3 saturated heterocycles. The Balaban J connectivity index is 1.50. The van der Waals surface area contributed by atoms with Crippen molar-refractivity contribution in [3.63, 3.8) is 0 Å². The Hall–Kier alpha value is -1.92. The first-order valence-corrected chi connectivity index (χ1v) is 9.46. The Morgan fingerprint density at radius 2 is 2.23 bits per heavy atom. The zero-order valence-electron chi connectivity index (χ0n) is 15.5. The van der Waals surface area contributed by atoms with Crippen LogP contribution in [0.4, 0.5) is 0 Å². The number of benzene rings is 1. The van der Waals surface area contributed by atoms with Gasteiger partial charge in [-0.2, -0.15) is 0 Å². The van der Waals surface area contributed by atoms with Gasteiger partial charge >= 0.3 is 0 Å². The summed E-state index contributed by atoms with van der Waals surface area (Å²) in [4.78, 5) is 27.6. The number of carbonyl (C=O) groups is 2. The van der Waals surface area contributed by atoms with Crippen molar-refractivity contribution in [3.05, 3.63) is 34.9 Å². The van der Waals surface area contributed by atoms with Crippen LogP contribution < -0.4 is 11.1 Å². The van der Waals surface area contributed by atoms with Crippen LogP contribution in [0.1, 0.15) is 29.5 Å². The second kappa shape index (κ2) is 6.35. The van der Waals surface area contributed by atoms with Gasteiger partial charge in [0.15, 0.2) is 0 Å². The number of aryl methyl sites for hydroxylation is 1. The smallest absolute Gasteiger partial charge is 0.229 e. The molecule has 1 aromatic rings. The fourth-order valence-electron chi connectivity index (χ4n) is 4.99. The van der Waals surface area contributed by atoms with Crippen LogP contribution in [0, 0.1) is 25.7 Å². The van der Waals surface area contributed by atoms with Gasteiger partial charge in [-0.25, -0.2) is 0 Å². The lowest BCUT2D eigenvalue weighted by molar-refractivity contribution is -0.138. The van der Waals surface area contributed by atoms with Gasteiger partial charge in [-0.1, -0.05) is 18.2 Å². The van der Waals surface area contributed by atoms with E-state index in [0.717, 1.165) is 18.4 Å². The molecule has 2 amide bonds. The van der Waals surface area contributed by atoms with Crippen LogP contribution in [0.2, 0.25) is 0 Å². The van der Waals surface area contributed by atoms with E-state index >= 15 is 0 Å². The lowest BCUT2D eigenvalue weighted by atomic mass is 9.73. The highest BCUT2D eigenvalue weighted by Gasteiger charge is 2.68. The van der Waals surface area contributed by atoms with Crippen LogP contribution in [0.5, 0.6) is 0 Å². The van der Waals surface area contributed by atoms with Gasteiger partial charge in [0.05, 0.1) is 30.1 Å². The normalized spacial score (nSPS) is 32.2. The quantitative estimate of drug-likeness (QED) is 0.819. The third-order valence-electron chi connectivity index (χ3n) is 6.47. The van der Waals surface area contributed by atoms with Gasteiger partial charge in [-0.3, -0.25) is 9.59 Å². The molecule has 26 heavy (non-hydrogen) atoms. The van der Waals surface area contributed by atoms with Gasteiger partial charge < -0.3 is 20.7 Å². The van der Waals surface area contributed by atoms with Crippen molar-refractivity contribution >= 4 is 11.8 Å². The molecule has 3 fully saturated rings. The summed E-state index contributed by atoms with van der Waals surface area (Å²) in [5.41, 5.74) is 8.68. The van der Waals surface area contributed by atoms with Gasteiger partial charge in [0, 0.05) is 19.6 Å². The average Bonchev–Trinajstić information content (AvgIpc) is 3.25. The first kappa shape index (κ1) is 17.5. The maximum absolute atomic E-state index is 13.0. The van der Waals surface area contributed by atoms with Crippen LogP contribution in [0.3, 0.4) is 0 Å². The third-order valence-corrected chi connectivity index (χ3v) is 6.47. The van der Waals surface area contributed by atoms with Crippen molar-refractivity contribution < 1.29 is 14.3 Å². The molecule has 0 saturated carbocycles. The molecule has 0 aliphatic carbocycles. The van der Waals surface area contributed by atoms with E-state index in [1.165, 1.54) is 11.1 Å². The van der Waals surface area contributed by atoms with Crippen molar-refractivity contribution in [2.75, 3.05) is 19.6 Å². The number of ether oxygens (including phenoxy) is 1. The predicted molar refractivity (Wildman–Crippen MR) is 97.2 cm³/mol. The predicted octanol–water partition coefficient (Wildman–Crippen LogP) is 0.884. The van der Waals surface area contributed by atoms with Crippen molar-refractivity contribution in [2.45, 2.75) is 44.9 Å². The molecule has 3 unspecified atom stereocenters. The fourth-order valence-corrected chi connectivity index (χ4v) is 4.99. The van der Waals surface area contributed by atoms with Crippen molar-refractivity contribution in [2.24, 2.45) is 17.6 Å². The molecule has 3 heterocycles. The van der Waals surface area contributed by atoms with Crippen molar-refractivity contribution in [1.29, 1.82) is 0 Å². The third kappa shape index (κ3) is 2.55. The number of hydrogen-bond donors (Lipinski definition) is 2. The summed E-state index contributed by atoms with van der Waals surface area (Å²) in [5, 5.41) is 3.06. The molecular formula is C20H27N3O3. The van der Waals surface area contributed by atoms with Gasteiger partial charge in [-0.05, 0) is 43.4 Å². The number of carbonyl (C=O) groups excluding carboxylic acids is 2. The molecule has 2 bridgehead atoms. The number of amides is 2. The molecule has 140 valence electrons. The van der Waals surface area contributed by atoms with E-state index in [-0.39, 0.29) is 29.8 Å². The average molecular weight is 357 g/mol. The zero-order valence-corrected chi connectivity index (χ0v) is 15.5. The highest BCUT2D eigenvalue weighted by Crippen LogP contribution is 2.55. The number of fused-ring (bicyclic) bond motifs is 1. The largest absolute Gasteiger partial charge is 0.368 e. The summed E-state index contributed by atoms with van der Waals surface area (Å²) in [6, 6.07) is 6.10. The van der Waals surface area contributed by atoms with E-state index in [9.17, 15) is 9.59 Å². The Morgan fingerprint density at radius 3 is 3.00 bits per heavy atom. The highest BCUT2D eigenvalue weighted by atomic mass is 16.5. The summed E-state index contributed by atoms with van der Waals surface area (Å²) < 4.78 is 6.20. The molecule has 4 atom stereocenters. The first-order valence-electron chi connectivity index (χ1n) is 9.46. The summed E-state index contributed by atoms with van der Waals surface area (Å²) in [7, 11) is 0. The number of nitrogens with one attached hydrogen (secondary N) is 1. The molecule has 4 rings (SSSR count). The Morgan fingerprint density at radius 1 is 1.42 bits per heavy atom. The maximum Gasteiger partial charge on any atom is 0.229 e. The van der Waals surface area contributed by atoms with Crippen LogP contribution >= 0.6 is 0 Å². The van der Waals surface area contributed by atoms with Crippen LogP contribution in [0.25, 0.3) is 0 Å². The van der Waals surface area contributed by atoms with E-state index in [1.807, 2.05) is 12.1 Å². The molecule has 0 radical (unpaired) electrons. The monoisotopic (exact) mass is 357 g/mol. The molecule has 1 aromatic carbocycles. The lowest BCUT2D eigenvalue weighted by Gasteiger charge is -2.27. The molecule has 3 N–H and O–H groups in total. The SMILES string of the molecule is Cc1cccc(CNC(=O)C2C3CC[C@@]4(CN(CCN)C(=O)C24)O3)c1C. The minimum atomic E-state index is -0.474. The molecular weight excluding hydrogens is 330 g/mol.